The van der Waals surface area contributed by atoms with Crippen molar-refractivity contribution in [3.8, 4) is 0 Å². The molecule has 0 saturated carbocycles. The number of aryl methyl sites for hydroxylation is 2. The van der Waals surface area contributed by atoms with Crippen molar-refractivity contribution in [3.63, 3.8) is 0 Å². The predicted molar refractivity (Wildman–Crippen MR) is 124 cm³/mol. The van der Waals surface area contributed by atoms with Gasteiger partial charge in [0.05, 0.1) is 18.6 Å². The maximum Gasteiger partial charge on any atom is 0.323 e. The van der Waals surface area contributed by atoms with E-state index in [0.29, 0.717) is 11.3 Å². The standard InChI is InChI=1S/C26H33NO5/c1-7-31-23(29)26(6,24(30)32-8-2)17-25(5,20-13-9-18(3)10-14-20)22(28)27-21-15-11-19(4)12-16-21/h9-16H,7-8,17H2,1-6H3,(H,27,28). The molecule has 2 rings (SSSR count). The van der Waals surface area contributed by atoms with Crippen LogP contribution in [-0.4, -0.2) is 31.1 Å². The fourth-order valence-corrected chi connectivity index (χ4v) is 3.66. The Labute approximate surface area is 190 Å². The summed E-state index contributed by atoms with van der Waals surface area (Å²) >= 11 is 0. The molecule has 0 aromatic heterocycles. The summed E-state index contributed by atoms with van der Waals surface area (Å²) in [6.45, 7) is 10.7. The van der Waals surface area contributed by atoms with Crippen LogP contribution >= 0.6 is 0 Å². The zero-order chi connectivity index (χ0) is 23.9. The third-order valence-corrected chi connectivity index (χ3v) is 5.66. The Balaban J connectivity index is 2.54. The van der Waals surface area contributed by atoms with Gasteiger partial charge in [-0.2, -0.15) is 0 Å². The van der Waals surface area contributed by atoms with Crippen molar-refractivity contribution in [1.82, 2.24) is 0 Å². The predicted octanol–water partition coefficient (Wildman–Crippen LogP) is 4.72. The molecule has 0 aliphatic rings. The minimum Gasteiger partial charge on any atom is -0.465 e. The number of rotatable bonds is 9. The van der Waals surface area contributed by atoms with Gasteiger partial charge >= 0.3 is 11.9 Å². The Morgan fingerprint density at radius 1 is 0.781 bits per heavy atom. The van der Waals surface area contributed by atoms with Gasteiger partial charge < -0.3 is 14.8 Å². The van der Waals surface area contributed by atoms with Crippen LogP contribution in [0.5, 0.6) is 0 Å². The quantitative estimate of drug-likeness (QED) is 0.451. The fraction of sp³-hybridized carbons (Fsp3) is 0.423. The number of carbonyl (C=O) groups is 3. The zero-order valence-electron chi connectivity index (χ0n) is 19.8. The zero-order valence-corrected chi connectivity index (χ0v) is 19.8. The summed E-state index contributed by atoms with van der Waals surface area (Å²) in [6.07, 6.45) is -0.113. The largest absolute Gasteiger partial charge is 0.465 e. The van der Waals surface area contributed by atoms with Crippen molar-refractivity contribution in [3.05, 3.63) is 65.2 Å². The molecular weight excluding hydrogens is 406 g/mol. The Morgan fingerprint density at radius 2 is 1.22 bits per heavy atom. The Hall–Kier alpha value is -3.15. The van der Waals surface area contributed by atoms with Crippen molar-refractivity contribution in [2.75, 3.05) is 18.5 Å². The molecule has 0 saturated heterocycles. The number of hydrogen-bond donors (Lipinski definition) is 1. The summed E-state index contributed by atoms with van der Waals surface area (Å²) in [7, 11) is 0. The number of carbonyl (C=O) groups excluding carboxylic acids is 3. The Morgan fingerprint density at radius 3 is 1.66 bits per heavy atom. The van der Waals surface area contributed by atoms with Crippen molar-refractivity contribution in [1.29, 1.82) is 0 Å². The van der Waals surface area contributed by atoms with E-state index in [4.69, 9.17) is 9.47 Å². The van der Waals surface area contributed by atoms with Crippen LogP contribution < -0.4 is 5.32 Å². The molecule has 2 aromatic carbocycles. The number of benzene rings is 2. The molecule has 6 heteroatoms. The van der Waals surface area contributed by atoms with Crippen LogP contribution in [0, 0.1) is 19.3 Å². The van der Waals surface area contributed by atoms with E-state index in [2.05, 4.69) is 5.32 Å². The van der Waals surface area contributed by atoms with E-state index in [0.717, 1.165) is 11.1 Å². The highest BCUT2D eigenvalue weighted by Crippen LogP contribution is 2.40. The van der Waals surface area contributed by atoms with Crippen molar-refractivity contribution >= 4 is 23.5 Å². The molecule has 172 valence electrons. The molecule has 0 spiro atoms. The lowest BCUT2D eigenvalue weighted by Gasteiger charge is -2.36. The third kappa shape index (κ3) is 5.55. The minimum absolute atomic E-state index is 0.113. The van der Waals surface area contributed by atoms with Gasteiger partial charge in [0.1, 0.15) is 0 Å². The number of amides is 1. The lowest BCUT2D eigenvalue weighted by molar-refractivity contribution is -0.172. The summed E-state index contributed by atoms with van der Waals surface area (Å²) < 4.78 is 10.4. The minimum atomic E-state index is -1.66. The first kappa shape index (κ1) is 25.1. The molecule has 32 heavy (non-hydrogen) atoms. The average molecular weight is 440 g/mol. The second-order valence-electron chi connectivity index (χ2n) is 8.47. The van der Waals surface area contributed by atoms with Gasteiger partial charge in [-0.25, -0.2) is 0 Å². The molecule has 0 aliphatic heterocycles. The van der Waals surface area contributed by atoms with E-state index in [1.807, 2.05) is 62.4 Å². The number of hydrogen-bond acceptors (Lipinski definition) is 5. The maximum absolute atomic E-state index is 13.6. The van der Waals surface area contributed by atoms with Crippen molar-refractivity contribution in [2.24, 2.45) is 5.41 Å². The second kappa shape index (κ2) is 10.4. The fourth-order valence-electron chi connectivity index (χ4n) is 3.66. The van der Waals surface area contributed by atoms with E-state index in [1.54, 1.807) is 20.8 Å². The Bertz CT molecular complexity index is 931. The summed E-state index contributed by atoms with van der Waals surface area (Å²) in [5.41, 5.74) is 0.555. The van der Waals surface area contributed by atoms with Crippen LogP contribution in [0.2, 0.25) is 0 Å². The van der Waals surface area contributed by atoms with Crippen LogP contribution in [0.4, 0.5) is 5.69 Å². The van der Waals surface area contributed by atoms with Crippen LogP contribution in [-0.2, 0) is 29.3 Å². The van der Waals surface area contributed by atoms with Crippen LogP contribution in [0.25, 0.3) is 0 Å². The molecular formula is C26H33NO5. The van der Waals surface area contributed by atoms with Crippen LogP contribution in [0.1, 0.15) is 50.8 Å². The summed E-state index contributed by atoms with van der Waals surface area (Å²) in [6, 6.07) is 14.9. The van der Waals surface area contributed by atoms with E-state index in [1.165, 1.54) is 6.92 Å². The molecule has 1 atom stereocenters. The highest BCUT2D eigenvalue weighted by atomic mass is 16.6. The normalized spacial score (nSPS) is 13.1. The molecule has 0 aliphatic carbocycles. The first-order valence-corrected chi connectivity index (χ1v) is 10.9. The van der Waals surface area contributed by atoms with E-state index < -0.39 is 22.8 Å². The lowest BCUT2D eigenvalue weighted by Crippen LogP contribution is -2.49. The van der Waals surface area contributed by atoms with Gasteiger partial charge in [-0.3, -0.25) is 14.4 Å². The van der Waals surface area contributed by atoms with Crippen molar-refractivity contribution in [2.45, 2.75) is 53.4 Å². The van der Waals surface area contributed by atoms with Gasteiger partial charge in [-0.05, 0) is 65.7 Å². The third-order valence-electron chi connectivity index (χ3n) is 5.66. The molecule has 0 heterocycles. The maximum atomic E-state index is 13.6. The van der Waals surface area contributed by atoms with Crippen LogP contribution in [0.3, 0.4) is 0 Å². The molecule has 1 unspecified atom stereocenters. The number of esters is 2. The van der Waals surface area contributed by atoms with Crippen molar-refractivity contribution < 1.29 is 23.9 Å². The highest BCUT2D eigenvalue weighted by molar-refractivity contribution is 6.03. The molecule has 0 bridgehead atoms. The first-order valence-electron chi connectivity index (χ1n) is 10.9. The highest BCUT2D eigenvalue weighted by Gasteiger charge is 2.52. The van der Waals surface area contributed by atoms with Gasteiger partial charge in [-0.15, -0.1) is 0 Å². The monoisotopic (exact) mass is 439 g/mol. The van der Waals surface area contributed by atoms with Gasteiger partial charge in [-0.1, -0.05) is 47.5 Å². The number of anilines is 1. The number of nitrogens with one attached hydrogen (secondary N) is 1. The van der Waals surface area contributed by atoms with Gasteiger partial charge in [0.2, 0.25) is 5.91 Å². The molecule has 2 aromatic rings. The molecule has 6 nitrogen and oxygen atoms in total. The molecule has 1 N–H and O–H groups in total. The SMILES string of the molecule is CCOC(=O)C(C)(CC(C)(C(=O)Nc1ccc(C)cc1)c1ccc(C)cc1)C(=O)OCC. The average Bonchev–Trinajstić information content (AvgIpc) is 2.75. The first-order chi connectivity index (χ1) is 15.1. The Kier molecular flexibility index (Phi) is 8.19. The van der Waals surface area contributed by atoms with E-state index in [-0.39, 0.29) is 25.5 Å². The topological polar surface area (TPSA) is 81.7 Å². The van der Waals surface area contributed by atoms with Gasteiger partial charge in [0, 0.05) is 5.69 Å². The summed E-state index contributed by atoms with van der Waals surface area (Å²) in [4.78, 5) is 39.4. The molecule has 0 fully saturated rings. The number of ether oxygens (including phenoxy) is 2. The van der Waals surface area contributed by atoms with Gasteiger partial charge in [0.25, 0.3) is 0 Å². The van der Waals surface area contributed by atoms with E-state index >= 15 is 0 Å². The lowest BCUT2D eigenvalue weighted by atomic mass is 9.68. The summed E-state index contributed by atoms with van der Waals surface area (Å²) in [5.74, 6) is -1.75. The second-order valence-corrected chi connectivity index (χ2v) is 8.47. The van der Waals surface area contributed by atoms with Crippen LogP contribution in [0.15, 0.2) is 48.5 Å². The summed E-state index contributed by atoms with van der Waals surface area (Å²) in [5, 5.41) is 2.94. The smallest absolute Gasteiger partial charge is 0.323 e. The van der Waals surface area contributed by atoms with E-state index in [9.17, 15) is 14.4 Å². The molecule has 1 amide bonds. The molecule has 0 radical (unpaired) electrons. The van der Waals surface area contributed by atoms with Gasteiger partial charge in [0.15, 0.2) is 5.41 Å².